The van der Waals surface area contributed by atoms with E-state index >= 15 is 0 Å². The molecule has 1 aliphatic carbocycles. The molecule has 2 amide bonds. The van der Waals surface area contributed by atoms with Gasteiger partial charge in [-0.15, -0.1) is 10.2 Å². The normalized spacial score (nSPS) is 20.1. The summed E-state index contributed by atoms with van der Waals surface area (Å²) in [7, 11) is 0. The van der Waals surface area contributed by atoms with Crippen LogP contribution in [0.25, 0.3) is 0 Å². The highest BCUT2D eigenvalue weighted by molar-refractivity contribution is 7.15. The summed E-state index contributed by atoms with van der Waals surface area (Å²) in [5.74, 6) is 0.520. The maximum Gasteiger partial charge on any atom is 0.321 e. The molecule has 1 saturated carbocycles. The standard InChI is InChI=1S/C19H25N5OS/c25-18(20-12-15-11-10-13-6-4-5-9-16(13)21-15)22-19-24-23-17(26-19)14-7-2-1-3-8-14/h4-6,9,14-15,21H,1-3,7-8,10-12H2,(H2,20,22,24,25). The second-order valence-corrected chi connectivity index (χ2v) is 8.16. The largest absolute Gasteiger partial charge is 0.380 e. The van der Waals surface area contributed by atoms with E-state index in [1.54, 1.807) is 0 Å². The molecule has 7 heteroatoms. The molecule has 0 radical (unpaired) electrons. The molecule has 1 aliphatic heterocycles. The van der Waals surface area contributed by atoms with Crippen molar-refractivity contribution in [3.05, 3.63) is 34.8 Å². The van der Waals surface area contributed by atoms with Crippen molar-refractivity contribution >= 4 is 28.2 Å². The third kappa shape index (κ3) is 4.15. The van der Waals surface area contributed by atoms with Crippen LogP contribution in [0.2, 0.25) is 0 Å². The van der Waals surface area contributed by atoms with Gasteiger partial charge in [-0.25, -0.2) is 4.79 Å². The van der Waals surface area contributed by atoms with Crippen molar-refractivity contribution in [1.82, 2.24) is 15.5 Å². The van der Waals surface area contributed by atoms with Gasteiger partial charge >= 0.3 is 6.03 Å². The Kier molecular flexibility index (Phi) is 5.34. The van der Waals surface area contributed by atoms with E-state index in [4.69, 9.17) is 0 Å². The molecular formula is C19H25N5OS. The van der Waals surface area contributed by atoms with Crippen LogP contribution in [0.1, 0.15) is 55.0 Å². The van der Waals surface area contributed by atoms with Gasteiger partial charge in [-0.05, 0) is 37.3 Å². The smallest absolute Gasteiger partial charge is 0.321 e. The molecule has 4 rings (SSSR count). The van der Waals surface area contributed by atoms with Crippen molar-refractivity contribution in [3.8, 4) is 0 Å². The summed E-state index contributed by atoms with van der Waals surface area (Å²) in [6.45, 7) is 0.592. The van der Waals surface area contributed by atoms with Crippen LogP contribution in [0.5, 0.6) is 0 Å². The summed E-state index contributed by atoms with van der Waals surface area (Å²) in [5.41, 5.74) is 2.52. The maximum atomic E-state index is 12.2. The second kappa shape index (κ2) is 8.03. The number of para-hydroxylation sites is 1. The minimum Gasteiger partial charge on any atom is -0.380 e. The average Bonchev–Trinajstić information content (AvgIpc) is 3.15. The fraction of sp³-hybridized carbons (Fsp3) is 0.526. The number of hydrogen-bond donors (Lipinski definition) is 3. The summed E-state index contributed by atoms with van der Waals surface area (Å²) in [6.07, 6.45) is 8.30. The zero-order valence-corrected chi connectivity index (χ0v) is 15.6. The minimum absolute atomic E-state index is 0.211. The number of nitrogens with one attached hydrogen (secondary N) is 3. The number of carbonyl (C=O) groups excluding carboxylic acids is 1. The summed E-state index contributed by atoms with van der Waals surface area (Å²) in [6, 6.07) is 8.39. The SMILES string of the molecule is O=C(NCC1CCc2ccccc2N1)Nc1nnc(C2CCCCC2)s1. The van der Waals surface area contributed by atoms with Crippen molar-refractivity contribution in [2.45, 2.75) is 56.9 Å². The zero-order valence-electron chi connectivity index (χ0n) is 14.8. The number of rotatable bonds is 4. The highest BCUT2D eigenvalue weighted by Crippen LogP contribution is 2.35. The lowest BCUT2D eigenvalue weighted by molar-refractivity contribution is 0.251. The van der Waals surface area contributed by atoms with E-state index in [1.165, 1.54) is 54.7 Å². The zero-order chi connectivity index (χ0) is 17.8. The molecule has 2 aliphatic rings. The summed E-state index contributed by atoms with van der Waals surface area (Å²) < 4.78 is 0. The molecule has 6 nitrogen and oxygen atoms in total. The van der Waals surface area contributed by atoms with Crippen molar-refractivity contribution < 1.29 is 4.79 Å². The summed E-state index contributed by atoms with van der Waals surface area (Å²) in [4.78, 5) is 12.2. The van der Waals surface area contributed by atoms with Gasteiger partial charge in [-0.1, -0.05) is 48.8 Å². The van der Waals surface area contributed by atoms with Crippen LogP contribution in [0.3, 0.4) is 0 Å². The number of carbonyl (C=O) groups is 1. The summed E-state index contributed by atoms with van der Waals surface area (Å²) in [5, 5.41) is 19.3. The van der Waals surface area contributed by atoms with Gasteiger partial charge in [0.25, 0.3) is 0 Å². The first-order chi connectivity index (χ1) is 12.8. The molecule has 26 heavy (non-hydrogen) atoms. The van der Waals surface area contributed by atoms with Gasteiger partial charge in [0.15, 0.2) is 0 Å². The molecule has 2 heterocycles. The van der Waals surface area contributed by atoms with Gasteiger partial charge in [-0.2, -0.15) is 0 Å². The number of amides is 2. The number of hydrogen-bond acceptors (Lipinski definition) is 5. The second-order valence-electron chi connectivity index (χ2n) is 7.15. The van der Waals surface area contributed by atoms with E-state index < -0.39 is 0 Å². The average molecular weight is 372 g/mol. The number of aryl methyl sites for hydroxylation is 1. The molecular weight excluding hydrogens is 346 g/mol. The van der Waals surface area contributed by atoms with Gasteiger partial charge in [0.05, 0.1) is 0 Å². The fourth-order valence-electron chi connectivity index (χ4n) is 3.81. The van der Waals surface area contributed by atoms with E-state index in [9.17, 15) is 4.79 Å². The fourth-order valence-corrected chi connectivity index (χ4v) is 4.72. The van der Waals surface area contributed by atoms with Crippen LogP contribution in [0, 0.1) is 0 Å². The lowest BCUT2D eigenvalue weighted by Crippen LogP contribution is -2.40. The van der Waals surface area contributed by atoms with Crippen molar-refractivity contribution in [3.63, 3.8) is 0 Å². The van der Waals surface area contributed by atoms with Crippen LogP contribution in [-0.4, -0.2) is 28.8 Å². The molecule has 0 saturated heterocycles. The van der Waals surface area contributed by atoms with Crippen LogP contribution >= 0.6 is 11.3 Å². The van der Waals surface area contributed by atoms with Gasteiger partial charge in [0.2, 0.25) is 5.13 Å². The number of anilines is 2. The molecule has 0 spiro atoms. The van der Waals surface area contributed by atoms with Crippen LogP contribution in [0.15, 0.2) is 24.3 Å². The Balaban J connectivity index is 1.25. The predicted octanol–water partition coefficient (Wildman–Crippen LogP) is 4.13. The van der Waals surface area contributed by atoms with Crippen LogP contribution in [-0.2, 0) is 6.42 Å². The molecule has 1 fully saturated rings. The molecule has 3 N–H and O–H groups in total. The third-order valence-electron chi connectivity index (χ3n) is 5.26. The lowest BCUT2D eigenvalue weighted by Gasteiger charge is -2.27. The highest BCUT2D eigenvalue weighted by Gasteiger charge is 2.21. The van der Waals surface area contributed by atoms with E-state index in [0.717, 1.165) is 17.8 Å². The molecule has 1 aromatic heterocycles. The van der Waals surface area contributed by atoms with Gasteiger partial charge < -0.3 is 10.6 Å². The highest BCUT2D eigenvalue weighted by atomic mass is 32.1. The van der Waals surface area contributed by atoms with E-state index in [0.29, 0.717) is 17.6 Å². The Labute approximate surface area is 157 Å². The van der Waals surface area contributed by atoms with E-state index in [2.05, 4.69) is 44.3 Å². The monoisotopic (exact) mass is 371 g/mol. The van der Waals surface area contributed by atoms with Gasteiger partial charge in [0.1, 0.15) is 5.01 Å². The number of nitrogens with zero attached hydrogens (tertiary/aromatic N) is 2. The lowest BCUT2D eigenvalue weighted by atomic mass is 9.90. The first-order valence-electron chi connectivity index (χ1n) is 9.50. The number of aromatic nitrogens is 2. The maximum absolute atomic E-state index is 12.2. The van der Waals surface area contributed by atoms with Crippen molar-refractivity contribution in [1.29, 1.82) is 0 Å². The Bertz CT molecular complexity index is 756. The quantitative estimate of drug-likeness (QED) is 0.755. The molecule has 1 unspecified atom stereocenters. The Morgan fingerprint density at radius 1 is 1.15 bits per heavy atom. The first kappa shape index (κ1) is 17.3. The van der Waals surface area contributed by atoms with Gasteiger partial charge in [0, 0.05) is 24.2 Å². The minimum atomic E-state index is -0.211. The number of fused-ring (bicyclic) bond motifs is 1. The number of urea groups is 1. The first-order valence-corrected chi connectivity index (χ1v) is 10.3. The summed E-state index contributed by atoms with van der Waals surface area (Å²) >= 11 is 1.51. The van der Waals surface area contributed by atoms with E-state index in [-0.39, 0.29) is 12.1 Å². The molecule has 1 atom stereocenters. The molecule has 138 valence electrons. The molecule has 1 aromatic carbocycles. The third-order valence-corrected chi connectivity index (χ3v) is 6.26. The van der Waals surface area contributed by atoms with Crippen LogP contribution < -0.4 is 16.0 Å². The predicted molar refractivity (Wildman–Crippen MR) is 105 cm³/mol. The topological polar surface area (TPSA) is 78.9 Å². The molecule has 2 aromatic rings. The Morgan fingerprint density at radius 3 is 2.88 bits per heavy atom. The Morgan fingerprint density at radius 2 is 2.00 bits per heavy atom. The van der Waals surface area contributed by atoms with Crippen LogP contribution in [0.4, 0.5) is 15.6 Å². The Hall–Kier alpha value is -2.15. The van der Waals surface area contributed by atoms with Gasteiger partial charge in [-0.3, -0.25) is 5.32 Å². The van der Waals surface area contributed by atoms with Crippen molar-refractivity contribution in [2.24, 2.45) is 0 Å². The van der Waals surface area contributed by atoms with E-state index in [1.807, 2.05) is 6.07 Å². The molecule has 0 bridgehead atoms. The number of benzene rings is 1. The van der Waals surface area contributed by atoms with Crippen molar-refractivity contribution in [2.75, 3.05) is 17.2 Å².